The van der Waals surface area contributed by atoms with E-state index in [1.165, 1.54) is 10.9 Å². The van der Waals surface area contributed by atoms with Crippen LogP contribution in [0.1, 0.15) is 18.1 Å². The molecule has 1 aromatic heterocycles. The van der Waals surface area contributed by atoms with Gasteiger partial charge in [0.1, 0.15) is 6.04 Å². The maximum absolute atomic E-state index is 11.3. The zero-order chi connectivity index (χ0) is 14.8. The molecule has 0 amide bonds. The average molecular weight is 288 g/mol. The highest BCUT2D eigenvalue weighted by atomic mass is 16.5. The topological polar surface area (TPSA) is 65.6 Å². The molecule has 21 heavy (non-hydrogen) atoms. The highest BCUT2D eigenvalue weighted by Crippen LogP contribution is 2.24. The van der Waals surface area contributed by atoms with Gasteiger partial charge in [-0.2, -0.15) is 0 Å². The van der Waals surface area contributed by atoms with Crippen LogP contribution in [0.2, 0.25) is 0 Å². The molecule has 0 aliphatic carbocycles. The van der Waals surface area contributed by atoms with Gasteiger partial charge in [0, 0.05) is 30.2 Å². The highest BCUT2D eigenvalue weighted by Gasteiger charge is 2.29. The summed E-state index contributed by atoms with van der Waals surface area (Å²) in [5.41, 5.74) is 3.60. The Balaban J connectivity index is 1.89. The molecule has 2 aromatic rings. The quantitative estimate of drug-likeness (QED) is 0.903. The third-order valence-electron chi connectivity index (χ3n) is 4.17. The van der Waals surface area contributed by atoms with Crippen molar-refractivity contribution in [1.29, 1.82) is 0 Å². The number of aliphatic carboxylic acids is 1. The molecule has 2 N–H and O–H groups in total. The first-order chi connectivity index (χ1) is 10.2. The predicted octanol–water partition coefficient (Wildman–Crippen LogP) is 2.02. The molecule has 1 aromatic carbocycles. The highest BCUT2D eigenvalue weighted by molar-refractivity contribution is 5.86. The zero-order valence-electron chi connectivity index (χ0n) is 12.1. The summed E-state index contributed by atoms with van der Waals surface area (Å²) in [5.74, 6) is -0.816. The Morgan fingerprint density at radius 1 is 1.48 bits per heavy atom. The summed E-state index contributed by atoms with van der Waals surface area (Å²) in [6.07, 6.45) is 2.98. The minimum absolute atomic E-state index is 0.262. The standard InChI is InChI=1S/C16H20N2O3/c1-2-11-4-3-5-13-12(8-17-15(11)13)9-18-6-7-21-10-14(18)16(19)20/h3-5,8,14,17H,2,6-7,9-10H2,1H3,(H,19,20). The van der Waals surface area contributed by atoms with Crippen molar-refractivity contribution in [3.8, 4) is 0 Å². The van der Waals surface area contributed by atoms with E-state index in [2.05, 4.69) is 30.1 Å². The van der Waals surface area contributed by atoms with Crippen LogP contribution in [0.15, 0.2) is 24.4 Å². The number of aromatic nitrogens is 1. The molecule has 1 fully saturated rings. The molecule has 0 spiro atoms. The van der Waals surface area contributed by atoms with E-state index >= 15 is 0 Å². The number of nitrogens with zero attached hydrogens (tertiary/aromatic N) is 1. The van der Waals surface area contributed by atoms with Gasteiger partial charge in [-0.15, -0.1) is 0 Å². The Bertz CT molecular complexity index is 650. The minimum atomic E-state index is -0.816. The Hall–Kier alpha value is -1.85. The van der Waals surface area contributed by atoms with Crippen molar-refractivity contribution >= 4 is 16.9 Å². The van der Waals surface area contributed by atoms with Crippen molar-refractivity contribution in [3.63, 3.8) is 0 Å². The number of aryl methyl sites for hydroxylation is 1. The number of fused-ring (bicyclic) bond motifs is 1. The Kier molecular flexibility index (Phi) is 3.94. The maximum Gasteiger partial charge on any atom is 0.323 e. The van der Waals surface area contributed by atoms with Gasteiger partial charge in [0.2, 0.25) is 0 Å². The summed E-state index contributed by atoms with van der Waals surface area (Å²) in [6.45, 7) is 4.27. The molecule has 5 heteroatoms. The molecule has 3 rings (SSSR count). The number of nitrogens with one attached hydrogen (secondary N) is 1. The van der Waals surface area contributed by atoms with E-state index in [1.54, 1.807) is 0 Å². The van der Waals surface area contributed by atoms with Crippen LogP contribution in [-0.4, -0.2) is 46.8 Å². The molecule has 1 unspecified atom stereocenters. The first-order valence-electron chi connectivity index (χ1n) is 7.33. The van der Waals surface area contributed by atoms with Crippen molar-refractivity contribution in [2.75, 3.05) is 19.8 Å². The lowest BCUT2D eigenvalue weighted by Crippen LogP contribution is -2.49. The molecule has 1 atom stereocenters. The lowest BCUT2D eigenvalue weighted by atomic mass is 10.1. The van der Waals surface area contributed by atoms with E-state index < -0.39 is 12.0 Å². The monoisotopic (exact) mass is 288 g/mol. The summed E-state index contributed by atoms with van der Waals surface area (Å²) < 4.78 is 5.29. The number of ether oxygens (including phenoxy) is 1. The molecule has 5 nitrogen and oxygen atoms in total. The SMILES string of the molecule is CCc1cccc2c(CN3CCOCC3C(=O)O)c[nH]c12. The zero-order valence-corrected chi connectivity index (χ0v) is 12.1. The molecule has 0 radical (unpaired) electrons. The number of morpholine rings is 1. The van der Waals surface area contributed by atoms with Gasteiger partial charge in [-0.25, -0.2) is 0 Å². The molecule has 1 aliphatic rings. The van der Waals surface area contributed by atoms with Gasteiger partial charge in [-0.05, 0) is 17.5 Å². The third-order valence-corrected chi connectivity index (χ3v) is 4.17. The molecule has 1 aliphatic heterocycles. The van der Waals surface area contributed by atoms with Crippen LogP contribution in [0.25, 0.3) is 10.9 Å². The lowest BCUT2D eigenvalue weighted by Gasteiger charge is -2.32. The van der Waals surface area contributed by atoms with E-state index in [9.17, 15) is 9.90 Å². The van der Waals surface area contributed by atoms with Gasteiger partial charge in [0.25, 0.3) is 0 Å². The predicted molar refractivity (Wildman–Crippen MR) is 80.3 cm³/mol. The fourth-order valence-electron chi connectivity index (χ4n) is 2.97. The van der Waals surface area contributed by atoms with Crippen molar-refractivity contribution in [2.24, 2.45) is 0 Å². The maximum atomic E-state index is 11.3. The molecular weight excluding hydrogens is 268 g/mol. The number of benzene rings is 1. The molecule has 0 bridgehead atoms. The van der Waals surface area contributed by atoms with Gasteiger partial charge < -0.3 is 14.8 Å². The van der Waals surface area contributed by atoms with Crippen LogP contribution in [0.3, 0.4) is 0 Å². The largest absolute Gasteiger partial charge is 0.480 e. The average Bonchev–Trinajstić information content (AvgIpc) is 2.91. The van der Waals surface area contributed by atoms with E-state index in [1.807, 2.05) is 11.1 Å². The van der Waals surface area contributed by atoms with E-state index in [0.717, 1.165) is 17.5 Å². The van der Waals surface area contributed by atoms with Crippen molar-refractivity contribution < 1.29 is 14.6 Å². The van der Waals surface area contributed by atoms with Gasteiger partial charge >= 0.3 is 5.97 Å². The summed E-state index contributed by atoms with van der Waals surface area (Å²) in [5, 5.41) is 10.5. The molecular formula is C16H20N2O3. The van der Waals surface area contributed by atoms with E-state index in [0.29, 0.717) is 19.7 Å². The number of carboxylic acids is 1. The number of rotatable bonds is 4. The number of hydrogen-bond acceptors (Lipinski definition) is 3. The fourth-order valence-corrected chi connectivity index (χ4v) is 2.97. The van der Waals surface area contributed by atoms with Crippen LogP contribution in [0.4, 0.5) is 0 Å². The molecule has 0 saturated carbocycles. The second-order valence-electron chi connectivity index (χ2n) is 5.41. The Labute approximate surface area is 123 Å². The lowest BCUT2D eigenvalue weighted by molar-refractivity contribution is -0.150. The van der Waals surface area contributed by atoms with Gasteiger partial charge in [-0.1, -0.05) is 25.1 Å². The van der Waals surface area contributed by atoms with Crippen LogP contribution < -0.4 is 0 Å². The van der Waals surface area contributed by atoms with Crippen molar-refractivity contribution in [1.82, 2.24) is 9.88 Å². The van der Waals surface area contributed by atoms with E-state index in [-0.39, 0.29) is 6.61 Å². The number of aromatic amines is 1. The van der Waals surface area contributed by atoms with Gasteiger partial charge in [0.15, 0.2) is 0 Å². The van der Waals surface area contributed by atoms with Crippen molar-refractivity contribution in [3.05, 3.63) is 35.5 Å². The molecule has 112 valence electrons. The summed E-state index contributed by atoms with van der Waals surface area (Å²) in [6, 6.07) is 5.72. The van der Waals surface area contributed by atoms with Gasteiger partial charge in [0.05, 0.1) is 13.2 Å². The summed E-state index contributed by atoms with van der Waals surface area (Å²) in [7, 11) is 0. The minimum Gasteiger partial charge on any atom is -0.480 e. The smallest absolute Gasteiger partial charge is 0.323 e. The summed E-state index contributed by atoms with van der Waals surface area (Å²) >= 11 is 0. The molecule has 2 heterocycles. The molecule has 1 saturated heterocycles. The third kappa shape index (κ3) is 2.66. The number of carboxylic acid groups (broad SMARTS) is 1. The van der Waals surface area contributed by atoms with Crippen LogP contribution in [-0.2, 0) is 22.5 Å². The van der Waals surface area contributed by atoms with Crippen LogP contribution >= 0.6 is 0 Å². The number of para-hydroxylation sites is 1. The number of H-pyrrole nitrogens is 1. The van der Waals surface area contributed by atoms with Crippen LogP contribution in [0, 0.1) is 0 Å². The van der Waals surface area contributed by atoms with Gasteiger partial charge in [-0.3, -0.25) is 9.69 Å². The summed E-state index contributed by atoms with van der Waals surface area (Å²) in [4.78, 5) is 16.6. The Morgan fingerprint density at radius 2 is 2.33 bits per heavy atom. The second kappa shape index (κ2) is 5.87. The Morgan fingerprint density at radius 3 is 3.10 bits per heavy atom. The van der Waals surface area contributed by atoms with E-state index in [4.69, 9.17) is 4.74 Å². The number of hydrogen-bond donors (Lipinski definition) is 2. The first-order valence-corrected chi connectivity index (χ1v) is 7.33. The van der Waals surface area contributed by atoms with Crippen LogP contribution in [0.5, 0.6) is 0 Å². The number of carbonyl (C=O) groups is 1. The fraction of sp³-hybridized carbons (Fsp3) is 0.438. The first kappa shape index (κ1) is 14.1. The van der Waals surface area contributed by atoms with Crippen molar-refractivity contribution in [2.45, 2.75) is 25.9 Å². The normalized spacial score (nSPS) is 20.0. The second-order valence-corrected chi connectivity index (χ2v) is 5.41.